The number of rotatable bonds is 3. The Kier molecular flexibility index (Phi) is 11.4. The molecule has 1 fully saturated rings. The van der Waals surface area contributed by atoms with Crippen molar-refractivity contribution in [3.8, 4) is 0 Å². The molecule has 1 saturated carbocycles. The molecule has 1 aromatic rings. The lowest BCUT2D eigenvalue weighted by atomic mass is 10.1. The number of carbonyl (C=O) groups is 1. The van der Waals surface area contributed by atoms with Gasteiger partial charge in [-0.1, -0.05) is 48.5 Å². The van der Waals surface area contributed by atoms with E-state index in [0.717, 1.165) is 18.8 Å². The highest BCUT2D eigenvalue weighted by Gasteiger charge is 2.36. The highest BCUT2D eigenvalue weighted by molar-refractivity contribution is 6.28. The van der Waals surface area contributed by atoms with E-state index in [1.165, 1.54) is 12.8 Å². The minimum absolute atomic E-state index is 0.0246. The van der Waals surface area contributed by atoms with Gasteiger partial charge in [-0.2, -0.15) is 4.98 Å². The molecule has 0 radical (unpaired) electrons. The van der Waals surface area contributed by atoms with Crippen molar-refractivity contribution in [1.82, 2.24) is 9.97 Å². The summed E-state index contributed by atoms with van der Waals surface area (Å²) in [6, 6.07) is -0.149. The summed E-state index contributed by atoms with van der Waals surface area (Å²) in [4.78, 5) is 22.3. The van der Waals surface area contributed by atoms with E-state index >= 15 is 0 Å². The minimum atomic E-state index is -0.149. The predicted octanol–water partition coefficient (Wildman–Crippen LogP) is 5.16. The summed E-state index contributed by atoms with van der Waals surface area (Å²) in [7, 11) is 0. The molecule has 1 aliphatic heterocycles. The summed E-state index contributed by atoms with van der Waals surface area (Å²) in [6.07, 6.45) is 4.82. The Hall–Kier alpha value is -1.36. The molecule has 6 heteroatoms. The number of hydrogen-bond acceptors (Lipinski definition) is 4. The molecule has 1 atom stereocenters. The van der Waals surface area contributed by atoms with E-state index in [9.17, 15) is 4.79 Å². The zero-order valence-electron chi connectivity index (χ0n) is 16.2. The molecule has 0 aromatic carbocycles. The van der Waals surface area contributed by atoms with Gasteiger partial charge >= 0.3 is 0 Å². The largest absolute Gasteiger partial charge is 0.342 e. The predicted molar refractivity (Wildman–Crippen MR) is 104 cm³/mol. The van der Waals surface area contributed by atoms with Gasteiger partial charge in [-0.3, -0.25) is 4.79 Å². The number of halogens is 1. The molecule has 3 rings (SSSR count). The average Bonchev–Trinajstić information content (AvgIpc) is 3.45. The first kappa shape index (κ1) is 22.6. The highest BCUT2D eigenvalue weighted by atomic mass is 35.5. The molecule has 1 N–H and O–H groups in total. The molecule has 0 spiro atoms. The van der Waals surface area contributed by atoms with Crippen molar-refractivity contribution in [2.75, 3.05) is 16.8 Å². The van der Waals surface area contributed by atoms with Crippen molar-refractivity contribution >= 4 is 29.0 Å². The molecule has 0 bridgehead atoms. The van der Waals surface area contributed by atoms with Gasteiger partial charge in [0, 0.05) is 6.54 Å². The zero-order valence-corrected chi connectivity index (χ0v) is 16.9. The van der Waals surface area contributed by atoms with Crippen molar-refractivity contribution in [3.05, 3.63) is 11.5 Å². The third kappa shape index (κ3) is 5.93. The summed E-state index contributed by atoms with van der Waals surface area (Å²) in [5, 5.41) is 3.07. The van der Waals surface area contributed by atoms with Crippen molar-refractivity contribution in [1.29, 1.82) is 0 Å². The summed E-state index contributed by atoms with van der Waals surface area (Å²) >= 11 is 5.86. The molecule has 138 valence electrons. The number of amides is 1. The van der Waals surface area contributed by atoms with Crippen LogP contribution >= 0.6 is 11.6 Å². The molecule has 1 unspecified atom stereocenters. The van der Waals surface area contributed by atoms with Crippen LogP contribution in [0.3, 0.4) is 0 Å². The van der Waals surface area contributed by atoms with Gasteiger partial charge in [-0.25, -0.2) is 4.98 Å². The lowest BCUT2D eigenvalue weighted by Gasteiger charge is -2.36. The van der Waals surface area contributed by atoms with Gasteiger partial charge < -0.3 is 10.2 Å². The number of nitrogens with zero attached hydrogens (tertiary/aromatic N) is 3. The zero-order chi connectivity index (χ0) is 18.7. The Morgan fingerprint density at radius 1 is 1.21 bits per heavy atom. The number of fused-ring (bicyclic) bond motifs is 1. The smallest absolute Gasteiger partial charge is 0.247 e. The normalized spacial score (nSPS) is 17.8. The quantitative estimate of drug-likeness (QED) is 0.760. The summed E-state index contributed by atoms with van der Waals surface area (Å²) in [5.41, 5.74) is 0.662. The molecule has 24 heavy (non-hydrogen) atoms. The van der Waals surface area contributed by atoms with Gasteiger partial charge in [0.15, 0.2) is 5.82 Å². The fourth-order valence-electron chi connectivity index (χ4n) is 2.36. The molecular weight excluding hydrogens is 324 g/mol. The molecule has 1 aromatic heterocycles. The van der Waals surface area contributed by atoms with Crippen LogP contribution in [0, 0.1) is 5.92 Å². The maximum Gasteiger partial charge on any atom is 0.247 e. The number of nitrogens with one attached hydrogen (secondary N) is 1. The van der Waals surface area contributed by atoms with Gasteiger partial charge in [0.2, 0.25) is 11.2 Å². The number of hydrogen-bond donors (Lipinski definition) is 1. The molecule has 2 heterocycles. The third-order valence-corrected chi connectivity index (χ3v) is 3.67. The molecule has 1 amide bonds. The van der Waals surface area contributed by atoms with Crippen LogP contribution in [0.15, 0.2) is 6.20 Å². The van der Waals surface area contributed by atoms with Gasteiger partial charge in [-0.05, 0) is 36.8 Å². The number of anilines is 2. The van der Waals surface area contributed by atoms with E-state index in [1.54, 1.807) is 6.20 Å². The fourth-order valence-corrected chi connectivity index (χ4v) is 2.49. The number of carbonyl (C=O) groups excluding carboxylic acids is 1. The van der Waals surface area contributed by atoms with E-state index in [2.05, 4.69) is 20.2 Å². The number of aromatic nitrogens is 2. The van der Waals surface area contributed by atoms with Crippen LogP contribution in [-0.2, 0) is 4.79 Å². The summed E-state index contributed by atoms with van der Waals surface area (Å²) in [6.45, 7) is 14.9. The topological polar surface area (TPSA) is 58.1 Å². The highest BCUT2D eigenvalue weighted by Crippen LogP contribution is 2.37. The molecule has 2 aliphatic rings. The Morgan fingerprint density at radius 2 is 1.79 bits per heavy atom. The summed E-state index contributed by atoms with van der Waals surface area (Å²) in [5.74, 6) is 1.47. The molecular formula is C18H33ClN4O. The summed E-state index contributed by atoms with van der Waals surface area (Å²) < 4.78 is 0. The first-order chi connectivity index (χ1) is 11.7. The van der Waals surface area contributed by atoms with Crippen LogP contribution in [0.25, 0.3) is 0 Å². The Bertz CT molecular complexity index is 492. The van der Waals surface area contributed by atoms with Crippen LogP contribution < -0.4 is 10.2 Å². The van der Waals surface area contributed by atoms with E-state index in [-0.39, 0.29) is 17.2 Å². The van der Waals surface area contributed by atoms with Crippen molar-refractivity contribution in [2.24, 2.45) is 5.92 Å². The third-order valence-electron chi connectivity index (χ3n) is 3.49. The molecule has 5 nitrogen and oxygen atoms in total. The Labute approximate surface area is 152 Å². The second-order valence-electron chi connectivity index (χ2n) is 4.89. The molecule has 1 aliphatic carbocycles. The van der Waals surface area contributed by atoms with Gasteiger partial charge in [-0.15, -0.1) is 0 Å². The van der Waals surface area contributed by atoms with Crippen LogP contribution in [0.1, 0.15) is 67.7 Å². The van der Waals surface area contributed by atoms with Crippen molar-refractivity contribution in [3.63, 3.8) is 0 Å². The SMILES string of the molecule is CC.CC.CC.CCC1C(=O)Nc2cnc(Cl)nc2N1CC1CC1. The Balaban J connectivity index is 0.000000798. The average molecular weight is 357 g/mol. The lowest BCUT2D eigenvalue weighted by molar-refractivity contribution is -0.117. The van der Waals surface area contributed by atoms with E-state index in [1.807, 2.05) is 48.5 Å². The van der Waals surface area contributed by atoms with Gasteiger partial charge in [0.05, 0.1) is 6.20 Å². The van der Waals surface area contributed by atoms with Crippen LogP contribution in [0.2, 0.25) is 5.28 Å². The van der Waals surface area contributed by atoms with Crippen molar-refractivity contribution in [2.45, 2.75) is 73.8 Å². The van der Waals surface area contributed by atoms with Crippen molar-refractivity contribution < 1.29 is 4.79 Å². The standard InChI is InChI=1S/C12H15ClN4O.3C2H6/c1-2-9-11(18)15-8-5-14-12(13)16-10(8)17(9)6-7-3-4-7;3*1-2/h5,7,9H,2-4,6H2,1H3,(H,15,18);3*1-2H3. The first-order valence-corrected chi connectivity index (χ1v) is 9.67. The van der Waals surface area contributed by atoms with E-state index in [0.29, 0.717) is 11.6 Å². The maximum atomic E-state index is 12.0. The lowest BCUT2D eigenvalue weighted by Crippen LogP contribution is -2.49. The van der Waals surface area contributed by atoms with E-state index in [4.69, 9.17) is 11.6 Å². The maximum absolute atomic E-state index is 12.0. The van der Waals surface area contributed by atoms with Crippen LogP contribution in [-0.4, -0.2) is 28.5 Å². The van der Waals surface area contributed by atoms with Crippen LogP contribution in [0.5, 0.6) is 0 Å². The second kappa shape index (κ2) is 12.1. The molecule has 0 saturated heterocycles. The second-order valence-corrected chi connectivity index (χ2v) is 5.22. The Morgan fingerprint density at radius 3 is 2.29 bits per heavy atom. The van der Waals surface area contributed by atoms with Gasteiger partial charge in [0.25, 0.3) is 0 Å². The monoisotopic (exact) mass is 356 g/mol. The minimum Gasteiger partial charge on any atom is -0.342 e. The fraction of sp³-hybridized carbons (Fsp3) is 0.722. The first-order valence-electron chi connectivity index (χ1n) is 9.29. The van der Waals surface area contributed by atoms with Crippen LogP contribution in [0.4, 0.5) is 11.5 Å². The van der Waals surface area contributed by atoms with E-state index < -0.39 is 0 Å². The van der Waals surface area contributed by atoms with Gasteiger partial charge in [0.1, 0.15) is 11.7 Å².